The van der Waals surface area contributed by atoms with Crippen molar-refractivity contribution in [3.05, 3.63) is 34.7 Å². The fourth-order valence-electron chi connectivity index (χ4n) is 3.60. The number of halogens is 2. The minimum atomic E-state index is -2.66. The van der Waals surface area contributed by atoms with Gasteiger partial charge in [0.15, 0.2) is 0 Å². The zero-order valence-electron chi connectivity index (χ0n) is 16.2. The third-order valence-electron chi connectivity index (χ3n) is 5.20. The molecule has 1 aliphatic rings. The number of nitrogens with one attached hydrogen (secondary N) is 1. The van der Waals surface area contributed by atoms with Crippen LogP contribution in [0.25, 0.3) is 10.2 Å². The van der Waals surface area contributed by atoms with Crippen LogP contribution >= 0.6 is 11.3 Å². The minimum Gasteiger partial charge on any atom is -0.356 e. The lowest BCUT2D eigenvalue weighted by atomic mass is 10.0. The Kier molecular flexibility index (Phi) is 5.44. The first-order chi connectivity index (χ1) is 14.0. The Hall–Kier alpha value is -2.62. The maximum atomic E-state index is 13.1. The van der Waals surface area contributed by atoms with Gasteiger partial charge in [0.05, 0.1) is 4.88 Å². The average molecular weight is 420 g/mol. The molecule has 1 aliphatic heterocycles. The van der Waals surface area contributed by atoms with Gasteiger partial charge < -0.3 is 10.2 Å². The van der Waals surface area contributed by atoms with Gasteiger partial charge in [-0.2, -0.15) is 5.10 Å². The molecule has 0 saturated carbocycles. The molecule has 3 aromatic rings. The average Bonchev–Trinajstić information content (AvgIpc) is 3.29. The van der Waals surface area contributed by atoms with E-state index >= 15 is 0 Å². The van der Waals surface area contributed by atoms with Crippen molar-refractivity contribution < 1.29 is 13.6 Å². The van der Waals surface area contributed by atoms with Crippen LogP contribution in [0.5, 0.6) is 0 Å². The molecule has 0 unspecified atom stereocenters. The van der Waals surface area contributed by atoms with E-state index in [1.165, 1.54) is 22.1 Å². The monoisotopic (exact) mass is 420 g/mol. The van der Waals surface area contributed by atoms with Gasteiger partial charge in [0, 0.05) is 43.3 Å². The summed E-state index contributed by atoms with van der Waals surface area (Å²) in [5, 5.41) is 7.24. The third kappa shape index (κ3) is 3.93. The van der Waals surface area contributed by atoms with E-state index < -0.39 is 6.43 Å². The highest BCUT2D eigenvalue weighted by molar-refractivity contribution is 7.20. The second kappa shape index (κ2) is 8.02. The number of aromatic nitrogens is 4. The van der Waals surface area contributed by atoms with E-state index in [0.717, 1.165) is 43.9 Å². The SMILES string of the molecule is CCc1cc(N2CCC(NC(=O)c3cc4c(C(F)F)nn(C)c4s3)CC2)ncn1. The molecule has 0 spiro atoms. The first-order valence-electron chi connectivity index (χ1n) is 9.57. The molecule has 0 aliphatic carbocycles. The van der Waals surface area contributed by atoms with E-state index in [1.807, 2.05) is 6.07 Å². The summed E-state index contributed by atoms with van der Waals surface area (Å²) in [6.07, 6.45) is 1.38. The molecule has 0 aromatic carbocycles. The van der Waals surface area contributed by atoms with Crippen molar-refractivity contribution in [2.75, 3.05) is 18.0 Å². The van der Waals surface area contributed by atoms with Crippen LogP contribution in [0.3, 0.4) is 0 Å². The zero-order chi connectivity index (χ0) is 20.5. The van der Waals surface area contributed by atoms with Crippen molar-refractivity contribution in [2.45, 2.75) is 38.7 Å². The highest BCUT2D eigenvalue weighted by Gasteiger charge is 2.25. The van der Waals surface area contributed by atoms with Gasteiger partial charge in [-0.05, 0) is 25.3 Å². The smallest absolute Gasteiger partial charge is 0.282 e. The lowest BCUT2D eigenvalue weighted by molar-refractivity contribution is 0.0935. The highest BCUT2D eigenvalue weighted by Crippen LogP contribution is 2.33. The molecule has 154 valence electrons. The molecule has 7 nitrogen and oxygen atoms in total. The summed E-state index contributed by atoms with van der Waals surface area (Å²) >= 11 is 1.19. The lowest BCUT2D eigenvalue weighted by Gasteiger charge is -2.33. The third-order valence-corrected chi connectivity index (χ3v) is 6.40. The summed E-state index contributed by atoms with van der Waals surface area (Å²) < 4.78 is 27.7. The van der Waals surface area contributed by atoms with Crippen molar-refractivity contribution in [1.29, 1.82) is 0 Å². The van der Waals surface area contributed by atoms with Gasteiger partial charge >= 0.3 is 0 Å². The predicted molar refractivity (Wildman–Crippen MR) is 108 cm³/mol. The van der Waals surface area contributed by atoms with E-state index in [9.17, 15) is 13.6 Å². The number of carbonyl (C=O) groups excluding carboxylic acids is 1. The number of rotatable bonds is 5. The van der Waals surface area contributed by atoms with Crippen LogP contribution in [0, 0.1) is 0 Å². The molecular weight excluding hydrogens is 398 g/mol. The topological polar surface area (TPSA) is 75.9 Å². The van der Waals surface area contributed by atoms with Crippen LogP contribution in [-0.2, 0) is 13.5 Å². The Morgan fingerprint density at radius 3 is 2.76 bits per heavy atom. The quantitative estimate of drug-likeness (QED) is 0.685. The van der Waals surface area contributed by atoms with E-state index in [-0.39, 0.29) is 17.6 Å². The fourth-order valence-corrected chi connectivity index (χ4v) is 4.58. The second-order valence-electron chi connectivity index (χ2n) is 7.09. The second-order valence-corrected chi connectivity index (χ2v) is 8.13. The summed E-state index contributed by atoms with van der Waals surface area (Å²) in [6.45, 7) is 3.64. The van der Waals surface area contributed by atoms with E-state index in [1.54, 1.807) is 13.4 Å². The number of aryl methyl sites for hydroxylation is 2. The Morgan fingerprint density at radius 2 is 2.07 bits per heavy atom. The largest absolute Gasteiger partial charge is 0.356 e. The standard InChI is InChI=1S/C19H22F2N6OS/c1-3-11-8-15(23-10-22-11)27-6-4-12(5-7-27)24-18(28)14-9-13-16(17(20)21)25-26(2)19(13)29-14/h8-10,12,17H,3-7H2,1-2H3,(H,24,28). The first kappa shape index (κ1) is 19.7. The molecular formula is C19H22F2N6OS. The maximum absolute atomic E-state index is 13.1. The molecule has 4 rings (SSSR count). The molecule has 0 radical (unpaired) electrons. The van der Waals surface area contributed by atoms with Crippen molar-refractivity contribution in [1.82, 2.24) is 25.1 Å². The molecule has 4 heterocycles. The minimum absolute atomic E-state index is 0.0455. The summed E-state index contributed by atoms with van der Waals surface area (Å²) in [6, 6.07) is 3.57. The Labute approximate surface area is 170 Å². The number of thiophene rings is 1. The number of alkyl halides is 2. The van der Waals surface area contributed by atoms with Crippen LogP contribution in [-0.4, -0.2) is 44.8 Å². The zero-order valence-corrected chi connectivity index (χ0v) is 17.0. The highest BCUT2D eigenvalue weighted by atomic mass is 32.1. The van der Waals surface area contributed by atoms with Crippen LogP contribution in [0.2, 0.25) is 0 Å². The number of nitrogens with zero attached hydrogens (tertiary/aromatic N) is 5. The molecule has 1 fully saturated rings. The molecule has 1 amide bonds. The van der Waals surface area contributed by atoms with Gasteiger partial charge in [0.2, 0.25) is 0 Å². The fraction of sp³-hybridized carbons (Fsp3) is 0.474. The molecule has 1 N–H and O–H groups in total. The number of anilines is 1. The molecule has 10 heteroatoms. The Morgan fingerprint density at radius 1 is 1.31 bits per heavy atom. The van der Waals surface area contributed by atoms with E-state index in [0.29, 0.717) is 15.1 Å². The summed E-state index contributed by atoms with van der Waals surface area (Å²) in [4.78, 5) is 24.4. The molecule has 29 heavy (non-hydrogen) atoms. The maximum Gasteiger partial charge on any atom is 0.282 e. The summed E-state index contributed by atoms with van der Waals surface area (Å²) in [5.41, 5.74) is 0.732. The van der Waals surface area contributed by atoms with Gasteiger partial charge in [-0.25, -0.2) is 18.7 Å². The molecule has 0 atom stereocenters. The van der Waals surface area contributed by atoms with E-state index in [2.05, 4.69) is 32.2 Å². The lowest BCUT2D eigenvalue weighted by Crippen LogP contribution is -2.44. The van der Waals surface area contributed by atoms with Gasteiger partial charge in [0.1, 0.15) is 22.7 Å². The van der Waals surface area contributed by atoms with Gasteiger partial charge in [-0.3, -0.25) is 9.48 Å². The number of piperidine rings is 1. The van der Waals surface area contributed by atoms with Crippen LogP contribution < -0.4 is 10.2 Å². The molecule has 3 aromatic heterocycles. The van der Waals surface area contributed by atoms with Gasteiger partial charge in [0.25, 0.3) is 12.3 Å². The van der Waals surface area contributed by atoms with Crippen LogP contribution in [0.15, 0.2) is 18.5 Å². The number of amides is 1. The first-order valence-corrected chi connectivity index (χ1v) is 10.4. The predicted octanol–water partition coefficient (Wildman–Crippen LogP) is 3.32. The van der Waals surface area contributed by atoms with Crippen LogP contribution in [0.1, 0.15) is 47.3 Å². The Balaban J connectivity index is 1.40. The van der Waals surface area contributed by atoms with Crippen molar-refractivity contribution in [3.8, 4) is 0 Å². The van der Waals surface area contributed by atoms with Gasteiger partial charge in [-0.15, -0.1) is 11.3 Å². The van der Waals surface area contributed by atoms with E-state index in [4.69, 9.17) is 0 Å². The summed E-state index contributed by atoms with van der Waals surface area (Å²) in [7, 11) is 1.61. The number of hydrogen-bond acceptors (Lipinski definition) is 6. The Bertz CT molecular complexity index is 1030. The number of fused-ring (bicyclic) bond motifs is 1. The normalized spacial score (nSPS) is 15.4. The van der Waals surface area contributed by atoms with Gasteiger partial charge in [-0.1, -0.05) is 6.92 Å². The van der Waals surface area contributed by atoms with Crippen LogP contribution in [0.4, 0.5) is 14.6 Å². The number of carbonyl (C=O) groups is 1. The summed E-state index contributed by atoms with van der Waals surface area (Å²) in [5.74, 6) is 0.693. The van der Waals surface area contributed by atoms with Crippen molar-refractivity contribution >= 4 is 33.3 Å². The van der Waals surface area contributed by atoms with Crippen molar-refractivity contribution in [2.24, 2.45) is 7.05 Å². The van der Waals surface area contributed by atoms with Crippen molar-refractivity contribution in [3.63, 3.8) is 0 Å². The molecule has 0 bridgehead atoms. The number of hydrogen-bond donors (Lipinski definition) is 1. The molecule has 1 saturated heterocycles.